The molecule has 0 spiro atoms. The lowest BCUT2D eigenvalue weighted by Crippen LogP contribution is -2.37. The van der Waals surface area contributed by atoms with Gasteiger partial charge in [0.05, 0.1) is 12.2 Å². The Hall–Kier alpha value is 0.110. The summed E-state index contributed by atoms with van der Waals surface area (Å²) in [6, 6.07) is 0. The molecule has 2 saturated carbocycles. The van der Waals surface area contributed by atoms with Crippen molar-refractivity contribution in [2.45, 2.75) is 92.3 Å². The van der Waals surface area contributed by atoms with Crippen molar-refractivity contribution >= 4 is 7.75 Å². The third-order valence-electron chi connectivity index (χ3n) is 6.49. The van der Waals surface area contributed by atoms with Gasteiger partial charge in [0, 0.05) is 0 Å². The molecule has 2 fully saturated rings. The highest BCUT2D eigenvalue weighted by Crippen LogP contribution is 2.51. The van der Waals surface area contributed by atoms with Crippen LogP contribution in [0.1, 0.15) is 80.1 Å². The van der Waals surface area contributed by atoms with Crippen LogP contribution in [0.3, 0.4) is 0 Å². The highest BCUT2D eigenvalue weighted by molar-refractivity contribution is 7.51. The number of rotatable bonds is 6. The molecule has 4 nitrogen and oxygen atoms in total. The average Bonchev–Trinajstić information content (AvgIpc) is 2.45. The highest BCUT2D eigenvalue weighted by atomic mass is 31.2. The van der Waals surface area contributed by atoms with Crippen LogP contribution in [0.15, 0.2) is 0 Å². The first-order valence-corrected chi connectivity index (χ1v) is 12.0. The Bertz CT molecular complexity index is 430. The van der Waals surface area contributed by atoms with E-state index in [9.17, 15) is 4.57 Å². The second kappa shape index (κ2) is 8.87. The van der Waals surface area contributed by atoms with Gasteiger partial charge in [0.1, 0.15) is 0 Å². The topological polar surface area (TPSA) is 61.5 Å². The van der Waals surface area contributed by atoms with E-state index in [1.807, 2.05) is 0 Å². The maximum absolute atomic E-state index is 13.0. The van der Waals surface area contributed by atoms with Gasteiger partial charge in [-0.25, -0.2) is 10.1 Å². The summed E-state index contributed by atoms with van der Waals surface area (Å²) < 4.78 is 25.0. The van der Waals surface area contributed by atoms with Crippen molar-refractivity contribution < 1.29 is 13.6 Å². The van der Waals surface area contributed by atoms with Crippen LogP contribution in [0.25, 0.3) is 0 Å². The molecule has 25 heavy (non-hydrogen) atoms. The van der Waals surface area contributed by atoms with Gasteiger partial charge in [-0.05, 0) is 61.2 Å². The zero-order chi connectivity index (χ0) is 18.8. The van der Waals surface area contributed by atoms with Gasteiger partial charge in [-0.15, -0.1) is 0 Å². The molecule has 0 amide bonds. The van der Waals surface area contributed by atoms with Crippen LogP contribution in [0.5, 0.6) is 0 Å². The standard InChI is InChI=1S/C20H40NO3P/c1-13(2)17-9-7-15(5)11-19(17)23-25(21,22)24-20-12-16(6)8-10-18(20)14(3)4/h13-20H,7-12H2,1-6H3,(H2,21,22)/t15-,16-,17-,18+,19-,20-,25?/m1/s1. The largest absolute Gasteiger partial charge is 0.403 e. The second-order valence-corrected chi connectivity index (χ2v) is 11.0. The molecule has 0 saturated heterocycles. The second-order valence-electron chi connectivity index (χ2n) is 9.48. The van der Waals surface area contributed by atoms with Crippen LogP contribution < -0.4 is 5.50 Å². The van der Waals surface area contributed by atoms with Crippen LogP contribution in [0.4, 0.5) is 0 Å². The smallest absolute Gasteiger partial charge is 0.293 e. The van der Waals surface area contributed by atoms with E-state index < -0.39 is 7.75 Å². The van der Waals surface area contributed by atoms with E-state index in [1.54, 1.807) is 0 Å². The first-order valence-electron chi connectivity index (χ1n) is 10.3. The summed E-state index contributed by atoms with van der Waals surface area (Å²) in [5.41, 5.74) is 6.11. The molecule has 0 aromatic heterocycles. The van der Waals surface area contributed by atoms with Gasteiger partial charge < -0.3 is 0 Å². The Morgan fingerprint density at radius 1 is 0.800 bits per heavy atom. The minimum atomic E-state index is -3.54. The predicted octanol–water partition coefficient (Wildman–Crippen LogP) is 6.01. The van der Waals surface area contributed by atoms with Gasteiger partial charge in [0.15, 0.2) is 0 Å². The molecule has 7 atom stereocenters. The maximum Gasteiger partial charge on any atom is 0.403 e. The Morgan fingerprint density at radius 2 is 1.16 bits per heavy atom. The lowest BCUT2D eigenvalue weighted by Gasteiger charge is -2.40. The number of hydrogen-bond acceptors (Lipinski definition) is 3. The Balaban J connectivity index is 2.04. The van der Waals surface area contributed by atoms with Gasteiger partial charge in [0.25, 0.3) is 0 Å². The van der Waals surface area contributed by atoms with Crippen LogP contribution in [0.2, 0.25) is 0 Å². The van der Waals surface area contributed by atoms with Crippen molar-refractivity contribution in [1.29, 1.82) is 0 Å². The Kier molecular flexibility index (Phi) is 7.59. The summed E-state index contributed by atoms with van der Waals surface area (Å²) in [5, 5.41) is 0. The first kappa shape index (κ1) is 21.4. The molecule has 2 aliphatic carbocycles. The molecule has 0 radical (unpaired) electrons. The van der Waals surface area contributed by atoms with Crippen molar-refractivity contribution in [2.75, 3.05) is 0 Å². The minimum absolute atomic E-state index is 0.0434. The normalized spacial score (nSPS) is 39.6. The van der Waals surface area contributed by atoms with Crippen molar-refractivity contribution in [2.24, 2.45) is 41.0 Å². The van der Waals surface area contributed by atoms with Crippen molar-refractivity contribution in [1.82, 2.24) is 0 Å². The van der Waals surface area contributed by atoms with Crippen molar-refractivity contribution in [3.05, 3.63) is 0 Å². The number of hydrogen-bond donors (Lipinski definition) is 1. The van der Waals surface area contributed by atoms with Crippen LogP contribution in [-0.4, -0.2) is 12.2 Å². The maximum atomic E-state index is 13.0. The molecule has 0 aromatic carbocycles. The average molecular weight is 374 g/mol. The van der Waals surface area contributed by atoms with Crippen LogP contribution in [-0.2, 0) is 13.6 Å². The molecule has 0 heterocycles. The lowest BCUT2D eigenvalue weighted by molar-refractivity contribution is -0.00346. The Labute approximate surface area is 155 Å². The monoisotopic (exact) mass is 373 g/mol. The van der Waals surface area contributed by atoms with E-state index in [2.05, 4.69) is 41.5 Å². The van der Waals surface area contributed by atoms with Gasteiger partial charge in [0.2, 0.25) is 0 Å². The predicted molar refractivity (Wildman–Crippen MR) is 104 cm³/mol. The zero-order valence-electron chi connectivity index (χ0n) is 17.1. The van der Waals surface area contributed by atoms with E-state index in [1.165, 1.54) is 12.8 Å². The molecule has 1 unspecified atom stereocenters. The number of nitrogens with two attached hydrogens (primary N) is 1. The van der Waals surface area contributed by atoms with E-state index in [4.69, 9.17) is 14.6 Å². The zero-order valence-corrected chi connectivity index (χ0v) is 18.0. The lowest BCUT2D eigenvalue weighted by atomic mass is 9.75. The molecule has 5 heteroatoms. The van der Waals surface area contributed by atoms with E-state index in [-0.39, 0.29) is 12.2 Å². The summed E-state index contributed by atoms with van der Waals surface area (Å²) in [7, 11) is -3.54. The molecule has 0 aromatic rings. The van der Waals surface area contributed by atoms with Gasteiger partial charge in [-0.2, -0.15) is 0 Å². The fraction of sp³-hybridized carbons (Fsp3) is 1.00. The molecule has 0 aliphatic heterocycles. The fourth-order valence-corrected chi connectivity index (χ4v) is 6.16. The Morgan fingerprint density at radius 3 is 1.48 bits per heavy atom. The third kappa shape index (κ3) is 6.06. The van der Waals surface area contributed by atoms with Crippen LogP contribution >= 0.6 is 7.75 Å². The van der Waals surface area contributed by atoms with Crippen LogP contribution in [0, 0.1) is 35.5 Å². The van der Waals surface area contributed by atoms with E-state index in [0.717, 1.165) is 25.7 Å². The summed E-state index contributed by atoms with van der Waals surface area (Å²) in [6.45, 7) is 13.4. The molecular formula is C20H40NO3P. The summed E-state index contributed by atoms with van der Waals surface area (Å²) in [4.78, 5) is 0. The first-order chi connectivity index (χ1) is 11.6. The third-order valence-corrected chi connectivity index (χ3v) is 7.62. The van der Waals surface area contributed by atoms with Crippen molar-refractivity contribution in [3.8, 4) is 0 Å². The van der Waals surface area contributed by atoms with Crippen molar-refractivity contribution in [3.63, 3.8) is 0 Å². The summed E-state index contributed by atoms with van der Waals surface area (Å²) >= 11 is 0. The summed E-state index contributed by atoms with van der Waals surface area (Å²) in [5.74, 6) is 3.05. The molecule has 2 N–H and O–H groups in total. The van der Waals surface area contributed by atoms with Gasteiger partial charge in [-0.3, -0.25) is 9.05 Å². The molecule has 148 valence electrons. The molecule has 2 rings (SSSR count). The van der Waals surface area contributed by atoms with E-state index in [0.29, 0.717) is 35.5 Å². The SMILES string of the molecule is CC(C)[C@H]1CC[C@@H](C)C[C@H]1OP(N)(=O)O[C@@H]1C[C@H](C)CC[C@H]1C(C)C. The molecular weight excluding hydrogens is 333 g/mol. The van der Waals surface area contributed by atoms with Gasteiger partial charge in [-0.1, -0.05) is 54.4 Å². The molecule has 2 aliphatic rings. The molecule has 0 bridgehead atoms. The minimum Gasteiger partial charge on any atom is -0.293 e. The van der Waals surface area contributed by atoms with Gasteiger partial charge >= 0.3 is 7.75 Å². The summed E-state index contributed by atoms with van der Waals surface area (Å²) in [6.07, 6.45) is 6.46. The van der Waals surface area contributed by atoms with E-state index >= 15 is 0 Å². The highest BCUT2D eigenvalue weighted by Gasteiger charge is 2.40. The fourth-order valence-electron chi connectivity index (χ4n) is 4.87. The quantitative estimate of drug-likeness (QED) is 0.579.